The van der Waals surface area contributed by atoms with Crippen molar-refractivity contribution < 1.29 is 19.1 Å². The van der Waals surface area contributed by atoms with Gasteiger partial charge in [0.15, 0.2) is 5.89 Å². The van der Waals surface area contributed by atoms with Crippen molar-refractivity contribution in [2.24, 2.45) is 0 Å². The van der Waals surface area contributed by atoms with E-state index < -0.39 is 12.0 Å². The molecule has 1 amide bonds. The monoisotopic (exact) mass is 294 g/mol. The fraction of sp³-hybridized carbons (Fsp3) is 0.667. The van der Waals surface area contributed by atoms with E-state index in [0.717, 1.165) is 12.2 Å². The van der Waals surface area contributed by atoms with Gasteiger partial charge in [0.25, 0.3) is 0 Å². The van der Waals surface area contributed by atoms with Crippen LogP contribution in [0.4, 0.5) is 0 Å². The molecule has 1 atom stereocenters. The van der Waals surface area contributed by atoms with Gasteiger partial charge < -0.3 is 14.4 Å². The van der Waals surface area contributed by atoms with Gasteiger partial charge in [-0.15, -0.1) is 0 Å². The summed E-state index contributed by atoms with van der Waals surface area (Å²) in [6.07, 6.45) is 3.60. The molecule has 1 saturated heterocycles. The molecule has 1 N–H and O–H groups in total. The first-order chi connectivity index (χ1) is 9.79. The van der Waals surface area contributed by atoms with Crippen LogP contribution < -0.4 is 0 Å². The van der Waals surface area contributed by atoms with Gasteiger partial charge in [-0.25, -0.2) is 9.78 Å². The van der Waals surface area contributed by atoms with Crippen LogP contribution in [0.15, 0.2) is 10.6 Å². The molecule has 6 heteroatoms. The zero-order valence-corrected chi connectivity index (χ0v) is 12.8. The Kier molecular flexibility index (Phi) is 4.34. The highest BCUT2D eigenvalue weighted by molar-refractivity contribution is 5.84. The molecule has 1 aliphatic heterocycles. The lowest BCUT2D eigenvalue weighted by Crippen LogP contribution is -2.40. The molecular formula is C15H22N2O4. The van der Waals surface area contributed by atoms with Gasteiger partial charge in [-0.3, -0.25) is 4.79 Å². The van der Waals surface area contributed by atoms with Crippen molar-refractivity contribution in [2.75, 3.05) is 6.54 Å². The van der Waals surface area contributed by atoms with Crippen LogP contribution in [0.5, 0.6) is 0 Å². The molecule has 0 unspecified atom stereocenters. The zero-order chi connectivity index (χ0) is 15.6. The minimum Gasteiger partial charge on any atom is -0.480 e. The first-order valence-electron chi connectivity index (χ1n) is 7.26. The smallest absolute Gasteiger partial charge is 0.326 e. The normalized spacial score (nSPS) is 19.0. The van der Waals surface area contributed by atoms with Crippen molar-refractivity contribution in [3.8, 4) is 0 Å². The Balaban J connectivity index is 1.92. The summed E-state index contributed by atoms with van der Waals surface area (Å²) >= 11 is 0. The molecule has 0 spiro atoms. The number of rotatable bonds is 4. The van der Waals surface area contributed by atoms with Crippen molar-refractivity contribution in [1.82, 2.24) is 9.88 Å². The lowest BCUT2D eigenvalue weighted by Gasteiger charge is -2.21. The number of oxazole rings is 1. The minimum absolute atomic E-state index is 0.112. The Bertz CT molecular complexity index is 530. The molecule has 116 valence electrons. The van der Waals surface area contributed by atoms with E-state index in [1.165, 1.54) is 4.90 Å². The quantitative estimate of drug-likeness (QED) is 0.918. The first kappa shape index (κ1) is 15.5. The molecule has 1 aliphatic rings. The van der Waals surface area contributed by atoms with Gasteiger partial charge in [0.2, 0.25) is 5.91 Å². The Morgan fingerprint density at radius 2 is 2.19 bits per heavy atom. The average molecular weight is 294 g/mol. The van der Waals surface area contributed by atoms with Crippen molar-refractivity contribution in [3.63, 3.8) is 0 Å². The largest absolute Gasteiger partial charge is 0.480 e. The fourth-order valence-corrected chi connectivity index (χ4v) is 2.45. The minimum atomic E-state index is -0.924. The third-order valence-corrected chi connectivity index (χ3v) is 3.70. The molecule has 0 radical (unpaired) electrons. The highest BCUT2D eigenvalue weighted by Crippen LogP contribution is 2.23. The Morgan fingerprint density at radius 1 is 1.48 bits per heavy atom. The number of nitrogens with zero attached hydrogens (tertiary/aromatic N) is 2. The molecule has 1 aromatic rings. The molecule has 2 rings (SSSR count). The summed E-state index contributed by atoms with van der Waals surface area (Å²) in [6, 6.07) is -0.674. The van der Waals surface area contributed by atoms with Crippen LogP contribution in [0.1, 0.15) is 51.7 Å². The van der Waals surface area contributed by atoms with Crippen molar-refractivity contribution >= 4 is 11.9 Å². The molecule has 21 heavy (non-hydrogen) atoms. The number of carboxylic acids is 1. The van der Waals surface area contributed by atoms with Gasteiger partial charge in [0.05, 0.1) is 6.20 Å². The van der Waals surface area contributed by atoms with Gasteiger partial charge in [0, 0.05) is 24.8 Å². The molecule has 1 aromatic heterocycles. The fourth-order valence-electron chi connectivity index (χ4n) is 2.45. The van der Waals surface area contributed by atoms with E-state index >= 15 is 0 Å². The first-order valence-corrected chi connectivity index (χ1v) is 7.26. The Labute approximate surface area is 124 Å². The predicted octanol–water partition coefficient (Wildman–Crippen LogP) is 1.98. The van der Waals surface area contributed by atoms with Gasteiger partial charge in [-0.05, 0) is 12.8 Å². The summed E-state index contributed by atoms with van der Waals surface area (Å²) in [5.41, 5.74) is -0.112. The molecule has 0 aromatic carbocycles. The van der Waals surface area contributed by atoms with E-state index in [1.807, 2.05) is 20.8 Å². The van der Waals surface area contributed by atoms with E-state index in [1.54, 1.807) is 6.20 Å². The summed E-state index contributed by atoms with van der Waals surface area (Å²) in [7, 11) is 0. The predicted molar refractivity (Wildman–Crippen MR) is 75.9 cm³/mol. The van der Waals surface area contributed by atoms with Gasteiger partial charge in [0.1, 0.15) is 11.8 Å². The second kappa shape index (κ2) is 5.87. The second-order valence-electron chi connectivity index (χ2n) is 6.45. The molecule has 0 saturated carbocycles. The van der Waals surface area contributed by atoms with Crippen LogP contribution in [0.3, 0.4) is 0 Å². The van der Waals surface area contributed by atoms with E-state index in [9.17, 15) is 9.59 Å². The topological polar surface area (TPSA) is 83.6 Å². The highest BCUT2D eigenvalue weighted by atomic mass is 16.4. The molecular weight excluding hydrogens is 272 g/mol. The van der Waals surface area contributed by atoms with Gasteiger partial charge in [-0.1, -0.05) is 20.8 Å². The Hall–Kier alpha value is -1.85. The van der Waals surface area contributed by atoms with Gasteiger partial charge >= 0.3 is 5.97 Å². The van der Waals surface area contributed by atoms with Crippen LogP contribution in [0.2, 0.25) is 0 Å². The number of aromatic nitrogens is 1. The maximum atomic E-state index is 12.1. The lowest BCUT2D eigenvalue weighted by molar-refractivity contribution is -0.148. The summed E-state index contributed by atoms with van der Waals surface area (Å²) in [5.74, 6) is 0.247. The van der Waals surface area contributed by atoms with Crippen LogP contribution in [-0.2, 0) is 21.4 Å². The molecule has 1 fully saturated rings. The number of aryl methyl sites for hydroxylation is 1. The van der Waals surface area contributed by atoms with Crippen LogP contribution >= 0.6 is 0 Å². The summed E-state index contributed by atoms with van der Waals surface area (Å²) in [5, 5.41) is 9.09. The number of carboxylic acid groups (broad SMARTS) is 1. The third kappa shape index (κ3) is 3.62. The van der Waals surface area contributed by atoms with E-state index in [4.69, 9.17) is 9.52 Å². The number of likely N-dealkylation sites (tertiary alicyclic amines) is 1. The number of hydrogen-bond donors (Lipinski definition) is 1. The summed E-state index contributed by atoms with van der Waals surface area (Å²) in [6.45, 7) is 6.62. The number of hydrogen-bond acceptors (Lipinski definition) is 4. The maximum absolute atomic E-state index is 12.1. The number of amides is 1. The van der Waals surface area contributed by atoms with Gasteiger partial charge in [-0.2, -0.15) is 0 Å². The van der Waals surface area contributed by atoms with Crippen LogP contribution in [0.25, 0.3) is 0 Å². The molecule has 0 aliphatic carbocycles. The lowest BCUT2D eigenvalue weighted by atomic mass is 9.94. The van der Waals surface area contributed by atoms with Crippen LogP contribution in [0, 0.1) is 0 Å². The van der Waals surface area contributed by atoms with E-state index in [2.05, 4.69) is 4.98 Å². The third-order valence-electron chi connectivity index (χ3n) is 3.70. The maximum Gasteiger partial charge on any atom is 0.326 e. The number of carbonyl (C=O) groups is 2. The highest BCUT2D eigenvalue weighted by Gasteiger charge is 2.33. The molecule has 2 heterocycles. The standard InChI is InChI=1S/C15H22N2O4/c1-15(2,3)11-9-16-12(21-11)6-7-13(18)17-8-4-5-10(17)14(19)20/h9-10H,4-8H2,1-3H3,(H,19,20)/t10-/m1/s1. The summed E-state index contributed by atoms with van der Waals surface area (Å²) < 4.78 is 5.64. The molecule has 0 bridgehead atoms. The second-order valence-corrected chi connectivity index (χ2v) is 6.45. The van der Waals surface area contributed by atoms with E-state index in [-0.39, 0.29) is 17.7 Å². The molecule has 6 nitrogen and oxygen atoms in total. The van der Waals surface area contributed by atoms with Crippen molar-refractivity contribution in [2.45, 2.75) is 57.9 Å². The Morgan fingerprint density at radius 3 is 2.76 bits per heavy atom. The van der Waals surface area contributed by atoms with E-state index in [0.29, 0.717) is 25.3 Å². The number of aliphatic carboxylic acids is 1. The average Bonchev–Trinajstić information content (AvgIpc) is 3.04. The van der Waals surface area contributed by atoms with Crippen LogP contribution in [-0.4, -0.2) is 39.5 Å². The summed E-state index contributed by atoms with van der Waals surface area (Å²) in [4.78, 5) is 28.8. The zero-order valence-electron chi connectivity index (χ0n) is 12.8. The van der Waals surface area contributed by atoms with Crippen molar-refractivity contribution in [3.05, 3.63) is 17.8 Å². The van der Waals surface area contributed by atoms with Crippen molar-refractivity contribution in [1.29, 1.82) is 0 Å². The number of carbonyl (C=O) groups excluding carboxylic acids is 1. The SMILES string of the molecule is CC(C)(C)c1cnc(CCC(=O)N2CCC[C@@H]2C(=O)O)o1.